The quantitative estimate of drug-likeness (QED) is 0.832. The number of amides is 1. The van der Waals surface area contributed by atoms with Crippen molar-refractivity contribution >= 4 is 5.91 Å². The summed E-state index contributed by atoms with van der Waals surface area (Å²) >= 11 is 0. The zero-order chi connectivity index (χ0) is 13.8. The minimum Gasteiger partial charge on any atom is -0.352 e. The minimum absolute atomic E-state index is 0.0682. The van der Waals surface area contributed by atoms with Crippen molar-refractivity contribution in [3.05, 3.63) is 0 Å². The van der Waals surface area contributed by atoms with Gasteiger partial charge in [0.1, 0.15) is 5.41 Å². The molecule has 0 saturated heterocycles. The van der Waals surface area contributed by atoms with Gasteiger partial charge in [-0.3, -0.25) is 4.79 Å². The first-order chi connectivity index (χ1) is 8.47. The molecular weight excluding hydrogens is 224 g/mol. The zero-order valence-electron chi connectivity index (χ0n) is 12.1. The Labute approximate surface area is 111 Å². The summed E-state index contributed by atoms with van der Waals surface area (Å²) in [5.41, 5.74) is -0.829. The number of nitriles is 1. The Balaban J connectivity index is 2.66. The molecule has 2 unspecified atom stereocenters. The highest BCUT2D eigenvalue weighted by Gasteiger charge is 2.37. The van der Waals surface area contributed by atoms with Gasteiger partial charge in [-0.2, -0.15) is 5.26 Å². The molecule has 1 fully saturated rings. The second-order valence-electron chi connectivity index (χ2n) is 5.99. The maximum Gasteiger partial charge on any atom is 0.240 e. The molecule has 3 heteroatoms. The van der Waals surface area contributed by atoms with E-state index in [9.17, 15) is 10.1 Å². The highest BCUT2D eigenvalue weighted by Crippen LogP contribution is 2.31. The molecule has 2 atom stereocenters. The van der Waals surface area contributed by atoms with E-state index in [1.54, 1.807) is 0 Å². The van der Waals surface area contributed by atoms with Crippen molar-refractivity contribution in [2.45, 2.75) is 65.8 Å². The number of rotatable bonds is 4. The second kappa shape index (κ2) is 6.22. The molecule has 1 rings (SSSR count). The van der Waals surface area contributed by atoms with Crippen LogP contribution in [0.4, 0.5) is 0 Å². The van der Waals surface area contributed by atoms with Crippen LogP contribution in [-0.2, 0) is 4.79 Å². The van der Waals surface area contributed by atoms with Crippen molar-refractivity contribution in [1.29, 1.82) is 5.26 Å². The average molecular weight is 250 g/mol. The third-order valence-electron chi connectivity index (χ3n) is 4.37. The lowest BCUT2D eigenvalue weighted by Crippen LogP contribution is -2.47. The van der Waals surface area contributed by atoms with Gasteiger partial charge in [0, 0.05) is 6.04 Å². The number of carbonyl (C=O) groups is 1. The van der Waals surface area contributed by atoms with Crippen LogP contribution in [0.5, 0.6) is 0 Å². The molecule has 0 aromatic carbocycles. The molecule has 0 radical (unpaired) electrons. The molecule has 0 heterocycles. The number of hydrogen-bond acceptors (Lipinski definition) is 2. The molecule has 0 aliphatic heterocycles. The van der Waals surface area contributed by atoms with Gasteiger partial charge in [-0.1, -0.05) is 27.7 Å². The summed E-state index contributed by atoms with van der Waals surface area (Å²) in [6.07, 6.45) is 4.51. The maximum absolute atomic E-state index is 12.3. The Hall–Kier alpha value is -1.04. The third kappa shape index (κ3) is 3.25. The fourth-order valence-corrected chi connectivity index (χ4v) is 3.17. The normalized spacial score (nSPS) is 28.5. The topological polar surface area (TPSA) is 52.9 Å². The highest BCUT2D eigenvalue weighted by molar-refractivity contribution is 5.85. The van der Waals surface area contributed by atoms with E-state index in [1.807, 2.05) is 13.8 Å². The summed E-state index contributed by atoms with van der Waals surface area (Å²) in [7, 11) is 0. The largest absolute Gasteiger partial charge is 0.352 e. The Morgan fingerprint density at radius 3 is 2.11 bits per heavy atom. The minimum atomic E-state index is -0.829. The highest BCUT2D eigenvalue weighted by atomic mass is 16.2. The summed E-state index contributed by atoms with van der Waals surface area (Å²) in [5.74, 6) is 1.26. The lowest BCUT2D eigenvalue weighted by molar-refractivity contribution is -0.129. The van der Waals surface area contributed by atoms with Crippen molar-refractivity contribution in [3.8, 4) is 6.07 Å². The van der Waals surface area contributed by atoms with Gasteiger partial charge in [-0.25, -0.2) is 0 Å². The first kappa shape index (κ1) is 15.0. The van der Waals surface area contributed by atoms with Crippen LogP contribution in [0.2, 0.25) is 0 Å². The lowest BCUT2D eigenvalue weighted by Gasteiger charge is -2.34. The van der Waals surface area contributed by atoms with Crippen LogP contribution in [0.3, 0.4) is 0 Å². The summed E-state index contributed by atoms with van der Waals surface area (Å²) in [6, 6.07) is 2.47. The third-order valence-corrected chi connectivity index (χ3v) is 4.37. The first-order valence-corrected chi connectivity index (χ1v) is 7.19. The Kier molecular flexibility index (Phi) is 5.19. The van der Waals surface area contributed by atoms with E-state index < -0.39 is 5.41 Å². The second-order valence-corrected chi connectivity index (χ2v) is 5.99. The van der Waals surface area contributed by atoms with Gasteiger partial charge >= 0.3 is 0 Å². The molecule has 0 aromatic rings. The average Bonchev–Trinajstić information content (AvgIpc) is 2.30. The molecule has 18 heavy (non-hydrogen) atoms. The zero-order valence-corrected chi connectivity index (χ0v) is 12.1. The Morgan fingerprint density at radius 2 is 1.72 bits per heavy atom. The molecule has 102 valence electrons. The van der Waals surface area contributed by atoms with Crippen molar-refractivity contribution in [2.75, 3.05) is 0 Å². The number of carbonyl (C=O) groups excluding carboxylic acids is 1. The summed E-state index contributed by atoms with van der Waals surface area (Å²) < 4.78 is 0. The molecule has 0 spiro atoms. The predicted molar refractivity (Wildman–Crippen MR) is 72.7 cm³/mol. The molecule has 3 nitrogen and oxygen atoms in total. The van der Waals surface area contributed by atoms with Crippen LogP contribution in [0.15, 0.2) is 0 Å². The Morgan fingerprint density at radius 1 is 1.22 bits per heavy atom. The van der Waals surface area contributed by atoms with E-state index in [2.05, 4.69) is 25.2 Å². The van der Waals surface area contributed by atoms with Crippen LogP contribution in [0, 0.1) is 28.6 Å². The predicted octanol–water partition coefficient (Wildman–Crippen LogP) is 3.26. The van der Waals surface area contributed by atoms with Gasteiger partial charge < -0.3 is 5.32 Å². The first-order valence-electron chi connectivity index (χ1n) is 7.19. The molecular formula is C15H26N2O. The van der Waals surface area contributed by atoms with E-state index in [0.717, 1.165) is 12.8 Å². The smallest absolute Gasteiger partial charge is 0.240 e. The van der Waals surface area contributed by atoms with E-state index in [0.29, 0.717) is 24.7 Å². The SMILES string of the molecule is CCC(C#N)(CC)C(=O)NC1CC(C)CC(C)C1. The van der Waals surface area contributed by atoms with Crippen LogP contribution in [0.1, 0.15) is 59.8 Å². The lowest BCUT2D eigenvalue weighted by atomic mass is 9.78. The molecule has 1 N–H and O–H groups in total. The van der Waals surface area contributed by atoms with Crippen molar-refractivity contribution < 1.29 is 4.79 Å². The molecule has 1 aliphatic carbocycles. The van der Waals surface area contributed by atoms with Crippen LogP contribution >= 0.6 is 0 Å². The van der Waals surface area contributed by atoms with Crippen LogP contribution < -0.4 is 5.32 Å². The van der Waals surface area contributed by atoms with E-state index in [4.69, 9.17) is 0 Å². The van der Waals surface area contributed by atoms with Crippen molar-refractivity contribution in [1.82, 2.24) is 5.32 Å². The van der Waals surface area contributed by atoms with Gasteiger partial charge in [-0.15, -0.1) is 0 Å². The Bertz CT molecular complexity index is 318. The van der Waals surface area contributed by atoms with Crippen LogP contribution in [0.25, 0.3) is 0 Å². The summed E-state index contributed by atoms with van der Waals surface area (Å²) in [6.45, 7) is 8.31. The molecule has 0 aromatic heterocycles. The van der Waals surface area contributed by atoms with Gasteiger partial charge in [-0.05, 0) is 43.9 Å². The fourth-order valence-electron chi connectivity index (χ4n) is 3.17. The number of nitrogens with zero attached hydrogens (tertiary/aromatic N) is 1. The summed E-state index contributed by atoms with van der Waals surface area (Å²) in [5, 5.41) is 12.4. The number of hydrogen-bond donors (Lipinski definition) is 1. The monoisotopic (exact) mass is 250 g/mol. The summed E-state index contributed by atoms with van der Waals surface area (Å²) in [4.78, 5) is 12.3. The van der Waals surface area contributed by atoms with Gasteiger partial charge in [0.05, 0.1) is 6.07 Å². The molecule has 0 bridgehead atoms. The van der Waals surface area contributed by atoms with Crippen LogP contribution in [-0.4, -0.2) is 11.9 Å². The molecule has 1 saturated carbocycles. The van der Waals surface area contributed by atoms with Crippen molar-refractivity contribution in [3.63, 3.8) is 0 Å². The van der Waals surface area contributed by atoms with E-state index >= 15 is 0 Å². The number of nitrogens with one attached hydrogen (secondary N) is 1. The van der Waals surface area contributed by atoms with Crippen molar-refractivity contribution in [2.24, 2.45) is 17.3 Å². The fraction of sp³-hybridized carbons (Fsp3) is 0.867. The standard InChI is InChI=1S/C15H26N2O/c1-5-15(6-2,10-16)14(18)17-13-8-11(3)7-12(4)9-13/h11-13H,5-9H2,1-4H3,(H,17,18). The van der Waals surface area contributed by atoms with Gasteiger partial charge in [0.25, 0.3) is 0 Å². The molecule has 1 amide bonds. The van der Waals surface area contributed by atoms with Gasteiger partial charge in [0.15, 0.2) is 0 Å². The van der Waals surface area contributed by atoms with E-state index in [1.165, 1.54) is 6.42 Å². The maximum atomic E-state index is 12.3. The van der Waals surface area contributed by atoms with E-state index in [-0.39, 0.29) is 11.9 Å². The van der Waals surface area contributed by atoms with Gasteiger partial charge in [0.2, 0.25) is 5.91 Å². The molecule has 1 aliphatic rings.